The molecule has 5 rings (SSSR count). The first-order valence-corrected chi connectivity index (χ1v) is 12.4. The number of amides is 4. The molecule has 8 nitrogen and oxygen atoms in total. The molecule has 0 saturated heterocycles. The number of rotatable bonds is 6. The number of hydrogen-bond acceptors (Lipinski definition) is 4. The molecule has 182 valence electrons. The fraction of sp³-hybridized carbons (Fsp3) is 0.370. The molecule has 1 aromatic heterocycles. The summed E-state index contributed by atoms with van der Waals surface area (Å²) in [4.78, 5) is 28.7. The van der Waals surface area contributed by atoms with Crippen LogP contribution in [0.25, 0.3) is 22.8 Å². The van der Waals surface area contributed by atoms with E-state index < -0.39 is 0 Å². The van der Waals surface area contributed by atoms with Gasteiger partial charge in [0, 0.05) is 34.6 Å². The van der Waals surface area contributed by atoms with E-state index in [1.807, 2.05) is 48.5 Å². The van der Waals surface area contributed by atoms with E-state index in [2.05, 4.69) is 26.3 Å². The molecular formula is C27H31N5O3. The Bertz CT molecular complexity index is 1050. The van der Waals surface area contributed by atoms with E-state index in [-0.39, 0.29) is 24.1 Å². The molecule has 0 unspecified atom stereocenters. The van der Waals surface area contributed by atoms with Gasteiger partial charge >= 0.3 is 12.1 Å². The van der Waals surface area contributed by atoms with Gasteiger partial charge in [-0.3, -0.25) is 0 Å². The first kappa shape index (κ1) is 23.0. The molecule has 1 heterocycles. The SMILES string of the molecule is O=C(Nc1ccc(-c2cnc(-c3ccc(NC(=O)NC4CCCC4)cc3)o2)cc1)NC1CCCC1. The second-order valence-corrected chi connectivity index (χ2v) is 9.34. The van der Waals surface area contributed by atoms with E-state index in [0.717, 1.165) is 48.2 Å². The number of nitrogens with zero attached hydrogens (tertiary/aromatic N) is 1. The molecule has 2 aromatic carbocycles. The van der Waals surface area contributed by atoms with Crippen molar-refractivity contribution in [3.63, 3.8) is 0 Å². The Morgan fingerprint density at radius 3 is 1.63 bits per heavy atom. The average Bonchev–Trinajstić information content (AvgIpc) is 3.64. The summed E-state index contributed by atoms with van der Waals surface area (Å²) in [6, 6.07) is 15.1. The lowest BCUT2D eigenvalue weighted by Gasteiger charge is -2.13. The molecule has 3 aromatic rings. The smallest absolute Gasteiger partial charge is 0.319 e. The van der Waals surface area contributed by atoms with Gasteiger partial charge in [0.15, 0.2) is 5.76 Å². The topological polar surface area (TPSA) is 108 Å². The van der Waals surface area contributed by atoms with Crippen LogP contribution in [0.5, 0.6) is 0 Å². The molecule has 0 bridgehead atoms. The molecule has 0 atom stereocenters. The van der Waals surface area contributed by atoms with Crippen molar-refractivity contribution in [2.24, 2.45) is 0 Å². The van der Waals surface area contributed by atoms with Crippen molar-refractivity contribution in [1.82, 2.24) is 15.6 Å². The minimum atomic E-state index is -0.169. The lowest BCUT2D eigenvalue weighted by Crippen LogP contribution is -2.36. The van der Waals surface area contributed by atoms with Crippen LogP contribution in [0.2, 0.25) is 0 Å². The van der Waals surface area contributed by atoms with Gasteiger partial charge in [-0.25, -0.2) is 14.6 Å². The number of urea groups is 2. The zero-order valence-electron chi connectivity index (χ0n) is 19.7. The third kappa shape index (κ3) is 6.01. The number of aromatic nitrogens is 1. The molecule has 4 N–H and O–H groups in total. The van der Waals surface area contributed by atoms with Gasteiger partial charge in [-0.15, -0.1) is 0 Å². The van der Waals surface area contributed by atoms with Gasteiger partial charge in [-0.2, -0.15) is 0 Å². The number of oxazole rings is 1. The molecule has 35 heavy (non-hydrogen) atoms. The van der Waals surface area contributed by atoms with Crippen molar-refractivity contribution < 1.29 is 14.0 Å². The number of benzene rings is 2. The van der Waals surface area contributed by atoms with Crippen LogP contribution in [0.15, 0.2) is 59.1 Å². The lowest BCUT2D eigenvalue weighted by molar-refractivity contribution is 0.247. The van der Waals surface area contributed by atoms with Crippen molar-refractivity contribution in [3.05, 3.63) is 54.7 Å². The van der Waals surface area contributed by atoms with Gasteiger partial charge in [0.05, 0.1) is 6.20 Å². The number of nitrogens with one attached hydrogen (secondary N) is 4. The summed E-state index contributed by atoms with van der Waals surface area (Å²) in [5, 5.41) is 11.8. The van der Waals surface area contributed by atoms with Crippen molar-refractivity contribution >= 4 is 23.4 Å². The number of anilines is 2. The first-order valence-electron chi connectivity index (χ1n) is 12.4. The van der Waals surface area contributed by atoms with E-state index in [1.165, 1.54) is 25.7 Å². The molecule has 2 saturated carbocycles. The summed E-state index contributed by atoms with van der Waals surface area (Å²) >= 11 is 0. The van der Waals surface area contributed by atoms with Crippen molar-refractivity contribution in [2.75, 3.05) is 10.6 Å². The molecular weight excluding hydrogens is 442 g/mol. The third-order valence-corrected chi connectivity index (χ3v) is 6.70. The van der Waals surface area contributed by atoms with Crippen molar-refractivity contribution in [2.45, 2.75) is 63.5 Å². The van der Waals surface area contributed by atoms with E-state index in [4.69, 9.17) is 4.42 Å². The van der Waals surface area contributed by atoms with Gasteiger partial charge in [-0.05, 0) is 74.2 Å². The monoisotopic (exact) mass is 473 g/mol. The summed E-state index contributed by atoms with van der Waals surface area (Å²) in [5.74, 6) is 1.14. The van der Waals surface area contributed by atoms with E-state index in [9.17, 15) is 9.59 Å². The molecule has 2 fully saturated rings. The Morgan fingerprint density at radius 2 is 1.14 bits per heavy atom. The van der Waals surface area contributed by atoms with Crippen LogP contribution in [-0.4, -0.2) is 29.1 Å². The Hall–Kier alpha value is -3.81. The van der Waals surface area contributed by atoms with Gasteiger partial charge < -0.3 is 25.7 Å². The second-order valence-electron chi connectivity index (χ2n) is 9.34. The highest BCUT2D eigenvalue weighted by Gasteiger charge is 2.18. The van der Waals surface area contributed by atoms with E-state index in [1.54, 1.807) is 6.20 Å². The largest absolute Gasteiger partial charge is 0.436 e. The van der Waals surface area contributed by atoms with Gasteiger partial charge in [0.2, 0.25) is 5.89 Å². The van der Waals surface area contributed by atoms with Crippen LogP contribution in [0, 0.1) is 0 Å². The van der Waals surface area contributed by atoms with Gasteiger partial charge in [0.1, 0.15) is 0 Å². The van der Waals surface area contributed by atoms with Crippen LogP contribution < -0.4 is 21.3 Å². The Morgan fingerprint density at radius 1 is 0.686 bits per heavy atom. The summed E-state index contributed by atoms with van der Waals surface area (Å²) in [6.45, 7) is 0. The minimum absolute atomic E-state index is 0.166. The zero-order valence-corrected chi connectivity index (χ0v) is 19.7. The molecule has 0 aliphatic heterocycles. The zero-order chi connectivity index (χ0) is 24.0. The van der Waals surface area contributed by atoms with E-state index >= 15 is 0 Å². The number of hydrogen-bond donors (Lipinski definition) is 4. The highest BCUT2D eigenvalue weighted by atomic mass is 16.4. The molecule has 2 aliphatic carbocycles. The molecule has 2 aliphatic rings. The standard InChI is InChI=1S/C27H31N5O3/c33-26(29-20-5-1-2-6-20)31-22-13-9-18(10-14-22)24-17-28-25(35-24)19-11-15-23(16-12-19)32-27(34)30-21-7-3-4-8-21/h9-17,20-21H,1-8H2,(H2,29,31,33)(H2,30,32,34). The molecule has 0 radical (unpaired) electrons. The summed E-state index contributed by atoms with van der Waals surface area (Å²) in [6.07, 6.45) is 10.6. The van der Waals surface area contributed by atoms with Gasteiger partial charge in [-0.1, -0.05) is 25.7 Å². The summed E-state index contributed by atoms with van der Waals surface area (Å²) < 4.78 is 5.96. The Labute approximate surface area is 204 Å². The summed E-state index contributed by atoms with van der Waals surface area (Å²) in [5.41, 5.74) is 3.13. The fourth-order valence-electron chi connectivity index (χ4n) is 4.80. The Balaban J connectivity index is 1.16. The predicted octanol–water partition coefficient (Wildman–Crippen LogP) is 6.14. The average molecular weight is 474 g/mol. The maximum Gasteiger partial charge on any atom is 0.319 e. The van der Waals surface area contributed by atoms with Crippen LogP contribution >= 0.6 is 0 Å². The van der Waals surface area contributed by atoms with Crippen LogP contribution in [0.3, 0.4) is 0 Å². The van der Waals surface area contributed by atoms with Crippen molar-refractivity contribution in [1.29, 1.82) is 0 Å². The summed E-state index contributed by atoms with van der Waals surface area (Å²) in [7, 11) is 0. The van der Waals surface area contributed by atoms with E-state index in [0.29, 0.717) is 11.7 Å². The number of carbonyl (C=O) groups excluding carboxylic acids is 2. The molecule has 0 spiro atoms. The highest BCUT2D eigenvalue weighted by molar-refractivity contribution is 5.90. The van der Waals surface area contributed by atoms with Crippen molar-refractivity contribution in [3.8, 4) is 22.8 Å². The minimum Gasteiger partial charge on any atom is -0.436 e. The fourth-order valence-corrected chi connectivity index (χ4v) is 4.80. The molecule has 8 heteroatoms. The number of carbonyl (C=O) groups is 2. The molecule has 4 amide bonds. The normalized spacial score (nSPS) is 16.2. The second kappa shape index (κ2) is 10.6. The lowest BCUT2D eigenvalue weighted by atomic mass is 10.2. The quantitative estimate of drug-likeness (QED) is 0.345. The van der Waals surface area contributed by atoms with Crippen LogP contribution in [0.1, 0.15) is 51.4 Å². The maximum absolute atomic E-state index is 12.2. The first-order chi connectivity index (χ1) is 17.1. The highest BCUT2D eigenvalue weighted by Crippen LogP contribution is 2.28. The van der Waals surface area contributed by atoms with Crippen LogP contribution in [-0.2, 0) is 0 Å². The third-order valence-electron chi connectivity index (χ3n) is 6.70. The predicted molar refractivity (Wildman–Crippen MR) is 136 cm³/mol. The Kier molecular flexibility index (Phi) is 6.97. The maximum atomic E-state index is 12.2. The van der Waals surface area contributed by atoms with Crippen LogP contribution in [0.4, 0.5) is 21.0 Å². The van der Waals surface area contributed by atoms with Gasteiger partial charge in [0.25, 0.3) is 0 Å².